The molecule has 0 saturated carbocycles. The van der Waals surface area contributed by atoms with Gasteiger partial charge in [-0.1, -0.05) is 24.3 Å². The van der Waals surface area contributed by atoms with Crippen LogP contribution in [0.4, 0.5) is 11.4 Å². The Labute approximate surface area is 228 Å². The topological polar surface area (TPSA) is 117 Å². The summed E-state index contributed by atoms with van der Waals surface area (Å²) in [7, 11) is 2.74. The smallest absolute Gasteiger partial charge is 0.323 e. The van der Waals surface area contributed by atoms with Crippen LogP contribution < -0.4 is 10.6 Å². The third kappa shape index (κ3) is 7.64. The first-order valence-electron chi connectivity index (χ1n) is 13.3. The lowest BCUT2D eigenvalue weighted by atomic mass is 10.0. The average Bonchev–Trinajstić information content (AvgIpc) is 3.59. The largest absolute Gasteiger partial charge is 0.468 e. The van der Waals surface area contributed by atoms with E-state index in [9.17, 15) is 19.2 Å². The summed E-state index contributed by atoms with van der Waals surface area (Å²) >= 11 is 0. The van der Waals surface area contributed by atoms with E-state index in [1.807, 2.05) is 58.3 Å². The maximum atomic E-state index is 12.5. The van der Waals surface area contributed by atoms with Crippen molar-refractivity contribution in [2.45, 2.75) is 44.2 Å². The van der Waals surface area contributed by atoms with Crippen LogP contribution in [0.2, 0.25) is 0 Å². The number of anilines is 2. The fourth-order valence-electron chi connectivity index (χ4n) is 5.25. The van der Waals surface area contributed by atoms with Crippen LogP contribution >= 0.6 is 0 Å². The van der Waals surface area contributed by atoms with Crippen LogP contribution in [-0.2, 0) is 35.1 Å². The molecule has 2 atom stereocenters. The number of nitrogens with one attached hydrogen (secondary N) is 2. The van der Waals surface area contributed by atoms with Crippen LogP contribution in [0.1, 0.15) is 36.8 Å². The first kappa shape index (κ1) is 28.3. The van der Waals surface area contributed by atoms with Crippen molar-refractivity contribution in [2.24, 2.45) is 0 Å². The molecule has 0 aromatic heterocycles. The van der Waals surface area contributed by atoms with Gasteiger partial charge in [0.1, 0.15) is 12.1 Å². The molecule has 0 aliphatic carbocycles. The molecule has 2 saturated heterocycles. The minimum absolute atomic E-state index is 0.147. The van der Waals surface area contributed by atoms with E-state index in [2.05, 4.69) is 10.6 Å². The highest BCUT2D eigenvalue weighted by Crippen LogP contribution is 2.20. The van der Waals surface area contributed by atoms with Crippen molar-refractivity contribution in [3.8, 4) is 0 Å². The number of likely N-dealkylation sites (tertiary alicyclic amines) is 2. The molecule has 0 unspecified atom stereocenters. The highest BCUT2D eigenvalue weighted by molar-refractivity contribution is 5.93. The van der Waals surface area contributed by atoms with Gasteiger partial charge in [0.05, 0.1) is 27.3 Å². The van der Waals surface area contributed by atoms with E-state index in [0.29, 0.717) is 43.7 Å². The fourth-order valence-corrected chi connectivity index (χ4v) is 5.25. The number of hydrogen-bond donors (Lipinski definition) is 2. The van der Waals surface area contributed by atoms with E-state index in [1.165, 1.54) is 14.2 Å². The summed E-state index contributed by atoms with van der Waals surface area (Å²) in [6.07, 6.45) is 3.85. The quantitative estimate of drug-likeness (QED) is 0.445. The van der Waals surface area contributed by atoms with Gasteiger partial charge in [-0.3, -0.25) is 29.0 Å². The minimum Gasteiger partial charge on any atom is -0.468 e. The molecule has 2 aliphatic heterocycles. The molecule has 2 amide bonds. The van der Waals surface area contributed by atoms with Crippen molar-refractivity contribution in [3.05, 3.63) is 59.7 Å². The molecule has 4 rings (SSSR count). The lowest BCUT2D eigenvalue weighted by molar-refractivity contribution is -0.147. The predicted molar refractivity (Wildman–Crippen MR) is 146 cm³/mol. The number of hydrogen-bond acceptors (Lipinski definition) is 8. The van der Waals surface area contributed by atoms with Crippen molar-refractivity contribution in [1.82, 2.24) is 9.80 Å². The molecule has 2 aliphatic rings. The molecule has 2 heterocycles. The molecule has 2 fully saturated rings. The van der Waals surface area contributed by atoms with Crippen molar-refractivity contribution < 1.29 is 28.7 Å². The summed E-state index contributed by atoms with van der Waals surface area (Å²) in [5.41, 5.74) is 3.56. The van der Waals surface area contributed by atoms with Crippen LogP contribution in [0, 0.1) is 0 Å². The second-order valence-corrected chi connectivity index (χ2v) is 9.97. The second-order valence-electron chi connectivity index (χ2n) is 9.97. The summed E-state index contributed by atoms with van der Waals surface area (Å²) < 4.78 is 9.68. The maximum absolute atomic E-state index is 12.5. The molecule has 10 heteroatoms. The molecule has 2 aromatic carbocycles. The zero-order chi connectivity index (χ0) is 27.8. The fraction of sp³-hybridized carbons (Fsp3) is 0.448. The summed E-state index contributed by atoms with van der Waals surface area (Å²) in [6, 6.07) is 14.6. The predicted octanol–water partition coefficient (Wildman–Crippen LogP) is 2.43. The van der Waals surface area contributed by atoms with Gasteiger partial charge in [-0.25, -0.2) is 0 Å². The van der Waals surface area contributed by atoms with Crippen molar-refractivity contribution in [1.29, 1.82) is 0 Å². The number of amides is 2. The van der Waals surface area contributed by atoms with Gasteiger partial charge in [0.25, 0.3) is 0 Å². The minimum atomic E-state index is -0.355. The van der Waals surface area contributed by atoms with Crippen LogP contribution in [-0.4, -0.2) is 86.0 Å². The van der Waals surface area contributed by atoms with Gasteiger partial charge in [-0.05, 0) is 80.6 Å². The normalized spacial score (nSPS) is 19.4. The van der Waals surface area contributed by atoms with E-state index < -0.39 is 0 Å². The summed E-state index contributed by atoms with van der Waals surface area (Å²) in [5, 5.41) is 5.80. The molecule has 208 valence electrons. The Balaban J connectivity index is 1.23. The third-order valence-corrected chi connectivity index (χ3v) is 7.25. The summed E-state index contributed by atoms with van der Waals surface area (Å²) in [6.45, 7) is 1.69. The zero-order valence-corrected chi connectivity index (χ0v) is 22.5. The first-order chi connectivity index (χ1) is 18.9. The van der Waals surface area contributed by atoms with Crippen molar-refractivity contribution in [2.75, 3.05) is 51.0 Å². The number of carbonyl (C=O) groups excluding carboxylic acids is 4. The molecule has 2 N–H and O–H groups in total. The number of esters is 2. The third-order valence-electron chi connectivity index (χ3n) is 7.25. The SMILES string of the molecule is COC(=O)[C@H]1CCCN1CC(=O)Nc1ccc(Cc2ccc(NC(=O)CN3CCC[C@@H]3C(=O)OC)cc2)cc1. The van der Waals surface area contributed by atoms with Crippen LogP contribution in [0.25, 0.3) is 0 Å². The highest BCUT2D eigenvalue weighted by atomic mass is 16.5. The number of nitrogens with zero attached hydrogens (tertiary/aromatic N) is 2. The van der Waals surface area contributed by atoms with Crippen molar-refractivity contribution >= 4 is 35.1 Å². The Bertz CT molecular complexity index is 1080. The molecule has 39 heavy (non-hydrogen) atoms. The van der Waals surface area contributed by atoms with E-state index >= 15 is 0 Å². The van der Waals surface area contributed by atoms with Gasteiger partial charge in [0.2, 0.25) is 11.8 Å². The molecule has 10 nitrogen and oxygen atoms in total. The number of benzene rings is 2. The van der Waals surface area contributed by atoms with Gasteiger partial charge in [-0.15, -0.1) is 0 Å². The standard InChI is InChI=1S/C29H36N4O6/c1-38-28(36)24-5-3-15-32(24)18-26(34)30-22-11-7-20(8-12-22)17-21-9-13-23(14-10-21)31-27(35)19-33-16-4-6-25(33)29(37)39-2/h7-14,24-25H,3-6,15-19H2,1-2H3,(H,30,34)(H,31,35)/t24-,25-/m1/s1. The Morgan fingerprint density at radius 1 is 0.692 bits per heavy atom. The number of rotatable bonds is 10. The summed E-state index contributed by atoms with van der Waals surface area (Å²) in [5.74, 6) is -0.921. The van der Waals surface area contributed by atoms with Gasteiger partial charge in [0.15, 0.2) is 0 Å². The number of carbonyl (C=O) groups is 4. The highest BCUT2D eigenvalue weighted by Gasteiger charge is 2.33. The van der Waals surface area contributed by atoms with Crippen LogP contribution in [0.3, 0.4) is 0 Å². The van der Waals surface area contributed by atoms with Gasteiger partial charge in [0, 0.05) is 11.4 Å². The van der Waals surface area contributed by atoms with Gasteiger partial charge >= 0.3 is 11.9 Å². The van der Waals surface area contributed by atoms with Gasteiger partial charge in [-0.2, -0.15) is 0 Å². The van der Waals surface area contributed by atoms with E-state index in [1.54, 1.807) is 0 Å². The molecule has 0 spiro atoms. The van der Waals surface area contributed by atoms with E-state index in [-0.39, 0.29) is 48.9 Å². The summed E-state index contributed by atoms with van der Waals surface area (Å²) in [4.78, 5) is 52.5. The second kappa shape index (κ2) is 13.3. The Morgan fingerprint density at radius 3 is 1.44 bits per heavy atom. The molecule has 0 radical (unpaired) electrons. The molecular formula is C29H36N4O6. The Morgan fingerprint density at radius 2 is 1.08 bits per heavy atom. The van der Waals surface area contributed by atoms with Gasteiger partial charge < -0.3 is 20.1 Å². The van der Waals surface area contributed by atoms with E-state index in [4.69, 9.17) is 9.47 Å². The lowest BCUT2D eigenvalue weighted by Gasteiger charge is -2.21. The Hall–Kier alpha value is -3.76. The molecule has 2 aromatic rings. The van der Waals surface area contributed by atoms with Crippen LogP contribution in [0.15, 0.2) is 48.5 Å². The monoisotopic (exact) mass is 536 g/mol. The lowest BCUT2D eigenvalue weighted by Crippen LogP contribution is -2.41. The zero-order valence-electron chi connectivity index (χ0n) is 22.5. The number of ether oxygens (including phenoxy) is 2. The molecular weight excluding hydrogens is 500 g/mol. The average molecular weight is 537 g/mol. The van der Waals surface area contributed by atoms with Crippen LogP contribution in [0.5, 0.6) is 0 Å². The number of methoxy groups -OCH3 is 2. The van der Waals surface area contributed by atoms with E-state index in [0.717, 1.165) is 24.0 Å². The Kier molecular flexibility index (Phi) is 9.67. The first-order valence-corrected chi connectivity index (χ1v) is 13.3. The molecule has 0 bridgehead atoms. The van der Waals surface area contributed by atoms with Crippen molar-refractivity contribution in [3.63, 3.8) is 0 Å². The maximum Gasteiger partial charge on any atom is 0.323 e.